The summed E-state index contributed by atoms with van der Waals surface area (Å²) in [4.78, 5) is 0. The van der Waals surface area contributed by atoms with Gasteiger partial charge in [-0.05, 0) is 36.6 Å². The second kappa shape index (κ2) is 5.73. The Kier molecular flexibility index (Phi) is 4.52. The van der Waals surface area contributed by atoms with E-state index >= 15 is 0 Å². The number of rotatable bonds is 4. The highest BCUT2D eigenvalue weighted by molar-refractivity contribution is 4.87. The molecule has 0 radical (unpaired) electrons. The molecule has 0 bridgehead atoms. The second-order valence-electron chi connectivity index (χ2n) is 7.41. The Hall–Kier alpha value is -0.0400. The maximum atomic E-state index is 3.78. The highest BCUT2D eigenvalue weighted by atomic mass is 14.9. The molecule has 100 valence electrons. The SMILES string of the molecule is CC(C)(C)C(CNC1CC1)C1CCCCCC1. The molecule has 0 spiro atoms. The van der Waals surface area contributed by atoms with E-state index in [9.17, 15) is 0 Å². The summed E-state index contributed by atoms with van der Waals surface area (Å²) < 4.78 is 0. The molecule has 1 N–H and O–H groups in total. The molecular formula is C16H31N. The van der Waals surface area contributed by atoms with Crippen molar-refractivity contribution in [3.05, 3.63) is 0 Å². The first-order valence-electron chi connectivity index (χ1n) is 7.81. The molecule has 2 fully saturated rings. The normalized spacial score (nSPS) is 25.6. The summed E-state index contributed by atoms with van der Waals surface area (Å²) >= 11 is 0. The average Bonchev–Trinajstić information content (AvgIpc) is 3.02. The summed E-state index contributed by atoms with van der Waals surface area (Å²) in [7, 11) is 0. The van der Waals surface area contributed by atoms with E-state index in [0.29, 0.717) is 5.41 Å². The van der Waals surface area contributed by atoms with Crippen LogP contribution in [0.1, 0.15) is 72.1 Å². The summed E-state index contributed by atoms with van der Waals surface area (Å²) in [5.41, 5.74) is 0.469. The summed E-state index contributed by atoms with van der Waals surface area (Å²) in [6.07, 6.45) is 11.7. The minimum absolute atomic E-state index is 0.469. The third-order valence-corrected chi connectivity index (χ3v) is 4.79. The summed E-state index contributed by atoms with van der Waals surface area (Å²) in [5, 5.41) is 3.78. The average molecular weight is 237 g/mol. The number of nitrogens with one attached hydrogen (secondary N) is 1. The Bertz CT molecular complexity index is 216. The lowest BCUT2D eigenvalue weighted by Gasteiger charge is -2.37. The lowest BCUT2D eigenvalue weighted by molar-refractivity contribution is 0.139. The van der Waals surface area contributed by atoms with Gasteiger partial charge in [0, 0.05) is 6.04 Å². The second-order valence-corrected chi connectivity index (χ2v) is 7.41. The summed E-state index contributed by atoms with van der Waals surface area (Å²) in [6, 6.07) is 0.866. The molecule has 0 aromatic carbocycles. The largest absolute Gasteiger partial charge is 0.314 e. The van der Waals surface area contributed by atoms with Crippen LogP contribution in [0.2, 0.25) is 0 Å². The molecule has 1 atom stereocenters. The van der Waals surface area contributed by atoms with Gasteiger partial charge in [-0.1, -0.05) is 59.3 Å². The van der Waals surface area contributed by atoms with E-state index in [1.807, 2.05) is 0 Å². The van der Waals surface area contributed by atoms with Crippen LogP contribution < -0.4 is 5.32 Å². The zero-order valence-electron chi connectivity index (χ0n) is 12.1. The zero-order valence-corrected chi connectivity index (χ0v) is 12.1. The van der Waals surface area contributed by atoms with E-state index in [4.69, 9.17) is 0 Å². The van der Waals surface area contributed by atoms with Crippen LogP contribution >= 0.6 is 0 Å². The summed E-state index contributed by atoms with van der Waals surface area (Å²) in [5.74, 6) is 1.85. The Morgan fingerprint density at radius 3 is 2.00 bits per heavy atom. The van der Waals surface area contributed by atoms with Gasteiger partial charge in [-0.2, -0.15) is 0 Å². The van der Waals surface area contributed by atoms with Crippen LogP contribution in [0.4, 0.5) is 0 Å². The topological polar surface area (TPSA) is 12.0 Å². The number of hydrogen-bond acceptors (Lipinski definition) is 1. The summed E-state index contributed by atoms with van der Waals surface area (Å²) in [6.45, 7) is 8.59. The van der Waals surface area contributed by atoms with Crippen LogP contribution in [0.3, 0.4) is 0 Å². The van der Waals surface area contributed by atoms with Crippen molar-refractivity contribution in [1.29, 1.82) is 0 Å². The third-order valence-electron chi connectivity index (χ3n) is 4.79. The van der Waals surface area contributed by atoms with E-state index in [-0.39, 0.29) is 0 Å². The molecule has 2 saturated carbocycles. The predicted octanol–water partition coefficient (Wildman–Crippen LogP) is 4.37. The first kappa shape index (κ1) is 13.4. The molecule has 2 aliphatic carbocycles. The Morgan fingerprint density at radius 2 is 1.53 bits per heavy atom. The van der Waals surface area contributed by atoms with Crippen molar-refractivity contribution in [1.82, 2.24) is 5.32 Å². The monoisotopic (exact) mass is 237 g/mol. The first-order chi connectivity index (χ1) is 8.07. The lowest BCUT2D eigenvalue weighted by Crippen LogP contribution is -2.37. The van der Waals surface area contributed by atoms with Gasteiger partial charge in [-0.15, -0.1) is 0 Å². The highest BCUT2D eigenvalue weighted by Gasteiger charge is 2.33. The maximum absolute atomic E-state index is 3.78. The van der Waals surface area contributed by atoms with Gasteiger partial charge in [-0.25, -0.2) is 0 Å². The van der Waals surface area contributed by atoms with Crippen molar-refractivity contribution in [3.8, 4) is 0 Å². The van der Waals surface area contributed by atoms with Gasteiger partial charge in [0.2, 0.25) is 0 Å². The van der Waals surface area contributed by atoms with Crippen LogP contribution in [0.15, 0.2) is 0 Å². The Labute approximate surface area is 108 Å². The minimum atomic E-state index is 0.469. The van der Waals surface area contributed by atoms with Crippen molar-refractivity contribution in [2.24, 2.45) is 17.3 Å². The van der Waals surface area contributed by atoms with Gasteiger partial charge in [0.1, 0.15) is 0 Å². The van der Waals surface area contributed by atoms with E-state index < -0.39 is 0 Å². The van der Waals surface area contributed by atoms with Crippen LogP contribution in [-0.4, -0.2) is 12.6 Å². The fourth-order valence-corrected chi connectivity index (χ4v) is 3.47. The van der Waals surface area contributed by atoms with Crippen molar-refractivity contribution in [3.63, 3.8) is 0 Å². The molecule has 1 nitrogen and oxygen atoms in total. The molecule has 0 saturated heterocycles. The van der Waals surface area contributed by atoms with Crippen molar-refractivity contribution in [2.45, 2.75) is 78.2 Å². The van der Waals surface area contributed by atoms with Crippen LogP contribution in [0.5, 0.6) is 0 Å². The fraction of sp³-hybridized carbons (Fsp3) is 1.00. The Balaban J connectivity index is 1.91. The first-order valence-corrected chi connectivity index (χ1v) is 7.81. The smallest absolute Gasteiger partial charge is 0.00683 e. The van der Waals surface area contributed by atoms with Crippen LogP contribution in [-0.2, 0) is 0 Å². The predicted molar refractivity (Wildman–Crippen MR) is 75.2 cm³/mol. The molecule has 0 aliphatic heterocycles. The standard InChI is InChI=1S/C16H31N/c1-16(2,3)15(12-17-14-10-11-14)13-8-6-4-5-7-9-13/h13-15,17H,4-12H2,1-3H3. The van der Waals surface area contributed by atoms with Crippen molar-refractivity contribution >= 4 is 0 Å². The maximum Gasteiger partial charge on any atom is 0.00683 e. The molecule has 17 heavy (non-hydrogen) atoms. The van der Waals surface area contributed by atoms with E-state index in [1.54, 1.807) is 0 Å². The Morgan fingerprint density at radius 1 is 0.941 bits per heavy atom. The molecule has 0 aromatic rings. The van der Waals surface area contributed by atoms with Crippen LogP contribution in [0.25, 0.3) is 0 Å². The van der Waals surface area contributed by atoms with Crippen LogP contribution in [0, 0.1) is 17.3 Å². The van der Waals surface area contributed by atoms with Gasteiger partial charge in [0.15, 0.2) is 0 Å². The van der Waals surface area contributed by atoms with E-state index in [2.05, 4.69) is 26.1 Å². The van der Waals surface area contributed by atoms with Crippen molar-refractivity contribution < 1.29 is 0 Å². The molecular weight excluding hydrogens is 206 g/mol. The van der Waals surface area contributed by atoms with Crippen molar-refractivity contribution in [2.75, 3.05) is 6.54 Å². The number of hydrogen-bond donors (Lipinski definition) is 1. The van der Waals surface area contributed by atoms with Gasteiger partial charge < -0.3 is 5.32 Å². The molecule has 1 heteroatoms. The fourth-order valence-electron chi connectivity index (χ4n) is 3.47. The molecule has 1 unspecified atom stereocenters. The molecule has 2 aliphatic rings. The van der Waals surface area contributed by atoms with E-state index in [1.165, 1.54) is 57.9 Å². The molecule has 0 heterocycles. The molecule has 2 rings (SSSR count). The quantitative estimate of drug-likeness (QED) is 0.716. The lowest BCUT2D eigenvalue weighted by atomic mass is 9.70. The minimum Gasteiger partial charge on any atom is -0.314 e. The van der Waals surface area contributed by atoms with Gasteiger partial charge >= 0.3 is 0 Å². The zero-order chi connectivity index (χ0) is 12.3. The van der Waals surface area contributed by atoms with Gasteiger partial charge in [0.05, 0.1) is 0 Å². The third kappa shape index (κ3) is 4.28. The van der Waals surface area contributed by atoms with Gasteiger partial charge in [0.25, 0.3) is 0 Å². The molecule has 0 amide bonds. The van der Waals surface area contributed by atoms with E-state index in [0.717, 1.165) is 17.9 Å². The molecule has 0 aromatic heterocycles. The highest BCUT2D eigenvalue weighted by Crippen LogP contribution is 2.39. The van der Waals surface area contributed by atoms with Gasteiger partial charge in [-0.3, -0.25) is 0 Å².